The third-order valence-corrected chi connectivity index (χ3v) is 5.34. The Hall–Kier alpha value is -1.88. The number of likely N-dealkylation sites (tertiary alicyclic amines) is 2. The van der Waals surface area contributed by atoms with Crippen molar-refractivity contribution in [2.75, 3.05) is 19.6 Å². The zero-order chi connectivity index (χ0) is 17.6. The lowest BCUT2D eigenvalue weighted by atomic mass is 9.99. The Kier molecular flexibility index (Phi) is 6.08. The lowest BCUT2D eigenvalue weighted by molar-refractivity contribution is -0.134. The Morgan fingerprint density at radius 1 is 1.12 bits per heavy atom. The minimum atomic E-state index is 0.0769. The number of carbonyl (C=O) groups is 2. The van der Waals surface area contributed by atoms with E-state index in [0.29, 0.717) is 6.42 Å². The number of carbonyl (C=O) groups excluding carboxylic acids is 2. The summed E-state index contributed by atoms with van der Waals surface area (Å²) in [6.45, 7) is 5.26. The summed E-state index contributed by atoms with van der Waals surface area (Å²) in [5.74, 6) is 0.178. The second kappa shape index (κ2) is 8.48. The molecule has 0 aliphatic carbocycles. The Balaban J connectivity index is 1.45. The second-order valence-corrected chi connectivity index (χ2v) is 7.34. The van der Waals surface area contributed by atoms with E-state index in [1.54, 1.807) is 6.92 Å². The van der Waals surface area contributed by atoms with Crippen LogP contribution >= 0.6 is 0 Å². The number of hydrogen-bond donors (Lipinski definition) is 1. The second-order valence-electron chi connectivity index (χ2n) is 7.34. The molecule has 25 heavy (non-hydrogen) atoms. The number of nitrogens with zero attached hydrogens (tertiary/aromatic N) is 2. The summed E-state index contributed by atoms with van der Waals surface area (Å²) in [4.78, 5) is 28.4. The van der Waals surface area contributed by atoms with Gasteiger partial charge in [0.1, 0.15) is 0 Å². The first-order valence-corrected chi connectivity index (χ1v) is 9.44. The molecule has 1 N–H and O–H groups in total. The summed E-state index contributed by atoms with van der Waals surface area (Å²) in [5.41, 5.74) is 1.31. The van der Waals surface area contributed by atoms with Crippen molar-refractivity contribution in [3.05, 3.63) is 35.9 Å². The van der Waals surface area contributed by atoms with Crippen LogP contribution in [0.4, 0.5) is 0 Å². The average molecular weight is 343 g/mol. The van der Waals surface area contributed by atoms with Crippen molar-refractivity contribution in [2.24, 2.45) is 0 Å². The van der Waals surface area contributed by atoms with Gasteiger partial charge in [0, 0.05) is 51.6 Å². The van der Waals surface area contributed by atoms with Crippen LogP contribution < -0.4 is 5.32 Å². The van der Waals surface area contributed by atoms with Crippen molar-refractivity contribution in [1.29, 1.82) is 0 Å². The first-order valence-electron chi connectivity index (χ1n) is 9.44. The number of benzene rings is 1. The highest BCUT2D eigenvalue weighted by Crippen LogP contribution is 2.20. The van der Waals surface area contributed by atoms with E-state index < -0.39 is 0 Å². The quantitative estimate of drug-likeness (QED) is 0.891. The van der Waals surface area contributed by atoms with Crippen molar-refractivity contribution in [3.63, 3.8) is 0 Å². The Labute approximate surface area is 150 Å². The predicted octanol–water partition coefficient (Wildman–Crippen LogP) is 2.17. The molecule has 2 aliphatic heterocycles. The maximum absolute atomic E-state index is 12.4. The van der Waals surface area contributed by atoms with E-state index in [2.05, 4.69) is 34.5 Å². The van der Waals surface area contributed by atoms with Crippen LogP contribution in [-0.2, 0) is 16.1 Å². The van der Waals surface area contributed by atoms with Gasteiger partial charge in [-0.3, -0.25) is 14.5 Å². The van der Waals surface area contributed by atoms with Crippen LogP contribution in [0.2, 0.25) is 0 Å². The molecule has 136 valence electrons. The van der Waals surface area contributed by atoms with Gasteiger partial charge < -0.3 is 10.2 Å². The van der Waals surface area contributed by atoms with E-state index in [1.807, 2.05) is 11.0 Å². The molecule has 1 aromatic rings. The summed E-state index contributed by atoms with van der Waals surface area (Å²) >= 11 is 0. The van der Waals surface area contributed by atoms with Crippen molar-refractivity contribution >= 4 is 11.8 Å². The number of amides is 2. The fourth-order valence-electron chi connectivity index (χ4n) is 4.06. The maximum Gasteiger partial charge on any atom is 0.222 e. The first kappa shape index (κ1) is 17.9. The minimum Gasteiger partial charge on any atom is -0.352 e. The van der Waals surface area contributed by atoms with E-state index in [4.69, 9.17) is 0 Å². The molecule has 0 spiro atoms. The molecule has 2 heterocycles. The van der Waals surface area contributed by atoms with Gasteiger partial charge in [0.15, 0.2) is 0 Å². The fraction of sp³-hybridized carbons (Fsp3) is 0.600. The summed E-state index contributed by atoms with van der Waals surface area (Å²) < 4.78 is 0. The number of nitrogens with one attached hydrogen (secondary N) is 1. The van der Waals surface area contributed by atoms with E-state index in [-0.39, 0.29) is 23.9 Å². The molecule has 2 atom stereocenters. The summed E-state index contributed by atoms with van der Waals surface area (Å²) in [6.07, 6.45) is 4.54. The minimum absolute atomic E-state index is 0.0769. The van der Waals surface area contributed by atoms with E-state index in [0.717, 1.165) is 51.9 Å². The molecule has 2 amide bonds. The lowest BCUT2D eigenvalue weighted by Gasteiger charge is -2.35. The van der Waals surface area contributed by atoms with Crippen LogP contribution in [0.25, 0.3) is 0 Å². The number of hydrogen-bond acceptors (Lipinski definition) is 3. The van der Waals surface area contributed by atoms with Crippen molar-refractivity contribution < 1.29 is 9.59 Å². The molecule has 2 aliphatic rings. The molecule has 0 radical (unpaired) electrons. The highest BCUT2D eigenvalue weighted by molar-refractivity contribution is 5.79. The van der Waals surface area contributed by atoms with Gasteiger partial charge in [-0.15, -0.1) is 0 Å². The van der Waals surface area contributed by atoms with Crippen molar-refractivity contribution in [1.82, 2.24) is 15.1 Å². The molecule has 2 fully saturated rings. The Bertz CT molecular complexity index is 590. The summed E-state index contributed by atoms with van der Waals surface area (Å²) in [7, 11) is 0. The topological polar surface area (TPSA) is 52.7 Å². The fourth-order valence-corrected chi connectivity index (χ4v) is 4.06. The van der Waals surface area contributed by atoms with Crippen molar-refractivity contribution in [2.45, 2.75) is 57.7 Å². The third-order valence-electron chi connectivity index (χ3n) is 5.34. The lowest BCUT2D eigenvalue weighted by Crippen LogP contribution is -2.46. The first-order chi connectivity index (χ1) is 12.1. The Morgan fingerprint density at radius 3 is 2.68 bits per heavy atom. The van der Waals surface area contributed by atoms with Gasteiger partial charge in [-0.2, -0.15) is 0 Å². The van der Waals surface area contributed by atoms with Gasteiger partial charge >= 0.3 is 0 Å². The summed E-state index contributed by atoms with van der Waals surface area (Å²) in [6, 6.07) is 10.8. The van der Waals surface area contributed by atoms with E-state index in [9.17, 15) is 9.59 Å². The zero-order valence-corrected chi connectivity index (χ0v) is 15.1. The normalized spacial score (nSPS) is 24.3. The van der Waals surface area contributed by atoms with Gasteiger partial charge in [0.05, 0.1) is 0 Å². The predicted molar refractivity (Wildman–Crippen MR) is 97.9 cm³/mol. The molecule has 0 unspecified atom stereocenters. The van der Waals surface area contributed by atoms with Crippen LogP contribution in [0.5, 0.6) is 0 Å². The molecule has 1 aromatic carbocycles. The standard InChI is InChI=1S/C20H29N3O2/c1-16(24)23-11-6-5-9-19(23)13-20(25)21-18-10-12-22(15-18)14-17-7-3-2-4-8-17/h2-4,7-8,18-19H,5-6,9-15H2,1H3,(H,21,25)/t18-,19-/m0/s1. The molecule has 2 saturated heterocycles. The van der Waals surface area contributed by atoms with E-state index >= 15 is 0 Å². The van der Waals surface area contributed by atoms with Crippen LogP contribution in [0.15, 0.2) is 30.3 Å². The van der Waals surface area contributed by atoms with Crippen LogP contribution in [-0.4, -0.2) is 53.3 Å². The average Bonchev–Trinajstić information content (AvgIpc) is 3.02. The van der Waals surface area contributed by atoms with E-state index in [1.165, 1.54) is 5.56 Å². The number of rotatable bonds is 5. The number of piperidine rings is 1. The zero-order valence-electron chi connectivity index (χ0n) is 15.1. The van der Waals surface area contributed by atoms with Crippen molar-refractivity contribution in [3.8, 4) is 0 Å². The molecule has 5 nitrogen and oxygen atoms in total. The SMILES string of the molecule is CC(=O)N1CCCC[C@H]1CC(=O)N[C@H]1CCN(Cc2ccccc2)C1. The van der Waals surface area contributed by atoms with Crippen LogP contribution in [0.1, 0.15) is 44.6 Å². The molecular weight excluding hydrogens is 314 g/mol. The van der Waals surface area contributed by atoms with Gasteiger partial charge in [0.25, 0.3) is 0 Å². The smallest absolute Gasteiger partial charge is 0.222 e. The Morgan fingerprint density at radius 2 is 1.92 bits per heavy atom. The molecule has 3 rings (SSSR count). The third kappa shape index (κ3) is 5.05. The van der Waals surface area contributed by atoms with Gasteiger partial charge in [-0.1, -0.05) is 30.3 Å². The largest absolute Gasteiger partial charge is 0.352 e. The molecule has 0 bridgehead atoms. The van der Waals surface area contributed by atoms with Gasteiger partial charge in [0.2, 0.25) is 11.8 Å². The highest BCUT2D eigenvalue weighted by atomic mass is 16.2. The summed E-state index contributed by atoms with van der Waals surface area (Å²) in [5, 5.41) is 3.18. The van der Waals surface area contributed by atoms with Gasteiger partial charge in [-0.25, -0.2) is 0 Å². The maximum atomic E-state index is 12.4. The monoisotopic (exact) mass is 343 g/mol. The van der Waals surface area contributed by atoms with Crippen LogP contribution in [0, 0.1) is 0 Å². The molecule has 0 saturated carbocycles. The van der Waals surface area contributed by atoms with Crippen LogP contribution in [0.3, 0.4) is 0 Å². The molecular formula is C20H29N3O2. The van der Waals surface area contributed by atoms with Gasteiger partial charge in [-0.05, 0) is 31.2 Å². The molecule has 0 aromatic heterocycles. The molecule has 5 heteroatoms. The highest BCUT2D eigenvalue weighted by Gasteiger charge is 2.28.